The van der Waals surface area contributed by atoms with Gasteiger partial charge in [0.15, 0.2) is 7.12 Å². The zero-order valence-corrected chi connectivity index (χ0v) is 5.46. The molecule has 0 bridgehead atoms. The van der Waals surface area contributed by atoms with Crippen LogP contribution in [0.3, 0.4) is 0 Å². The molecule has 0 amide bonds. The van der Waals surface area contributed by atoms with E-state index in [1.807, 2.05) is 25.3 Å². The van der Waals surface area contributed by atoms with Gasteiger partial charge in [-0.15, -0.1) is 0 Å². The molecule has 1 aromatic rings. The molecule has 1 aromatic carbocycles. The maximum Gasteiger partial charge on any atom is 0.180 e. The number of hydrogen-bond acceptors (Lipinski definition) is 1. The van der Waals surface area contributed by atoms with Gasteiger partial charge in [0.05, 0.1) is 0 Å². The van der Waals surface area contributed by atoms with Crippen LogP contribution in [0.1, 0.15) is 0 Å². The second kappa shape index (κ2) is 2.69. The zero-order chi connectivity index (χ0) is 5.82. The van der Waals surface area contributed by atoms with Crippen LogP contribution in [0.15, 0.2) is 23.1 Å². The van der Waals surface area contributed by atoms with E-state index >= 15 is 0 Å². The summed E-state index contributed by atoms with van der Waals surface area (Å²) in [6.45, 7) is 0. The largest absolute Gasteiger partial charge is 0.180 e. The van der Waals surface area contributed by atoms with Crippen molar-refractivity contribution < 1.29 is 0 Å². The number of rotatable bonds is 1. The predicted molar refractivity (Wildman–Crippen MR) is 38.5 cm³/mol. The van der Waals surface area contributed by atoms with E-state index in [0.717, 1.165) is 4.90 Å². The van der Waals surface area contributed by atoms with Crippen molar-refractivity contribution in [3.63, 3.8) is 0 Å². The molecule has 0 aliphatic carbocycles. The highest BCUT2D eigenvalue weighted by molar-refractivity contribution is 8.19. The van der Waals surface area contributed by atoms with Crippen molar-refractivity contribution in [1.82, 2.24) is 0 Å². The van der Waals surface area contributed by atoms with E-state index in [1.165, 1.54) is 0 Å². The average molecular weight is 120 g/mol. The Labute approximate surface area is 54.6 Å². The van der Waals surface area contributed by atoms with Gasteiger partial charge < -0.3 is 0 Å². The van der Waals surface area contributed by atoms with Gasteiger partial charge in [0.25, 0.3) is 0 Å². The molecule has 0 spiro atoms. The van der Waals surface area contributed by atoms with E-state index < -0.39 is 0 Å². The quantitative estimate of drug-likeness (QED) is 0.496. The molecule has 0 aliphatic heterocycles. The van der Waals surface area contributed by atoms with Crippen molar-refractivity contribution in [1.29, 1.82) is 0 Å². The molecule has 0 saturated carbocycles. The highest BCUT2D eigenvalue weighted by atomic mass is 32.2. The van der Waals surface area contributed by atoms with Crippen molar-refractivity contribution in [3.05, 3.63) is 30.3 Å². The van der Waals surface area contributed by atoms with Crippen LogP contribution < -0.4 is 0 Å². The Morgan fingerprint density at radius 2 is 2.50 bits per heavy atom. The Hall–Kier alpha value is -0.545. The summed E-state index contributed by atoms with van der Waals surface area (Å²) < 4.78 is 0. The van der Waals surface area contributed by atoms with Crippen molar-refractivity contribution in [2.75, 3.05) is 0 Å². The van der Waals surface area contributed by atoms with Gasteiger partial charge in [-0.3, -0.25) is 0 Å². The Kier molecular flexibility index (Phi) is 1.88. The lowest BCUT2D eigenvalue weighted by atomic mass is 10.4. The summed E-state index contributed by atoms with van der Waals surface area (Å²) in [6.07, 6.45) is 0. The van der Waals surface area contributed by atoms with Gasteiger partial charge >= 0.3 is 0 Å². The molecule has 0 atom stereocenters. The summed E-state index contributed by atoms with van der Waals surface area (Å²) in [4.78, 5) is 1.15. The maximum atomic E-state index is 2.96. The average Bonchev–Trinajstić information content (AvgIpc) is 1.90. The molecule has 0 heterocycles. The van der Waals surface area contributed by atoms with Crippen LogP contribution in [0.5, 0.6) is 0 Å². The molecule has 0 unspecified atom stereocenters. The minimum atomic E-state index is 1.15. The van der Waals surface area contributed by atoms with Crippen LogP contribution in [-0.4, -0.2) is 7.12 Å². The summed E-state index contributed by atoms with van der Waals surface area (Å²) >= 11 is 1.68. The molecule has 0 nitrogen and oxygen atoms in total. The van der Waals surface area contributed by atoms with Gasteiger partial charge in [0.1, 0.15) is 0 Å². The summed E-state index contributed by atoms with van der Waals surface area (Å²) in [7, 11) is 2.03. The fourth-order valence-electron chi connectivity index (χ4n) is 0.457. The van der Waals surface area contributed by atoms with Gasteiger partial charge in [0.2, 0.25) is 0 Å². The van der Waals surface area contributed by atoms with Gasteiger partial charge in [-0.25, -0.2) is 0 Å². The molecular weight excluding hydrogens is 115 g/mol. The van der Waals surface area contributed by atoms with Crippen LogP contribution in [0.4, 0.5) is 0 Å². The molecular formula is C6H5BS. The fraction of sp³-hybridized carbons (Fsp3) is 0. The first-order valence-electron chi connectivity index (χ1n) is 2.36. The van der Waals surface area contributed by atoms with E-state index in [9.17, 15) is 0 Å². The summed E-state index contributed by atoms with van der Waals surface area (Å²) in [5.74, 6) is 0. The molecule has 0 fully saturated rings. The van der Waals surface area contributed by atoms with Crippen LogP contribution >= 0.6 is 11.6 Å². The monoisotopic (exact) mass is 120 g/mol. The number of hydrogen-bond donors (Lipinski definition) is 0. The summed E-state index contributed by atoms with van der Waals surface area (Å²) in [6, 6.07) is 11.6. The van der Waals surface area contributed by atoms with Crippen LogP contribution in [-0.2, 0) is 0 Å². The van der Waals surface area contributed by atoms with Crippen LogP contribution in [0.25, 0.3) is 0 Å². The lowest BCUT2D eigenvalue weighted by Gasteiger charge is -1.83. The third kappa shape index (κ3) is 1.21. The van der Waals surface area contributed by atoms with E-state index in [-0.39, 0.29) is 0 Å². The highest BCUT2D eigenvalue weighted by Gasteiger charge is 1.78. The second-order valence-corrected chi connectivity index (χ2v) is 2.21. The standard InChI is InChI=1S/C6H5BS/c7-8-6-4-2-1-3-5-6/h1-2,4H,7H2. The zero-order valence-electron chi connectivity index (χ0n) is 4.64. The maximum absolute atomic E-state index is 2.96. The van der Waals surface area contributed by atoms with Gasteiger partial charge in [0, 0.05) is 4.90 Å². The molecule has 0 saturated heterocycles. The first-order chi connectivity index (χ1) is 3.93. The minimum Gasteiger partial charge on any atom is -0.177 e. The minimum absolute atomic E-state index is 1.15. The third-order valence-electron chi connectivity index (χ3n) is 0.842. The van der Waals surface area contributed by atoms with Crippen molar-refractivity contribution in [2.45, 2.75) is 4.90 Å². The van der Waals surface area contributed by atoms with Gasteiger partial charge in [-0.05, 0) is 12.1 Å². The molecule has 0 aliphatic rings. The SMILES string of the molecule is BSc1c#cccc1. The summed E-state index contributed by atoms with van der Waals surface area (Å²) in [5, 5.41) is 0. The molecule has 1 rings (SSSR count). The topological polar surface area (TPSA) is 0 Å². The molecule has 0 radical (unpaired) electrons. The fourth-order valence-corrected chi connectivity index (χ4v) is 0.833. The van der Waals surface area contributed by atoms with E-state index in [2.05, 4.69) is 12.1 Å². The Morgan fingerprint density at radius 1 is 1.62 bits per heavy atom. The molecule has 0 aromatic heterocycles. The smallest absolute Gasteiger partial charge is 0.177 e. The van der Waals surface area contributed by atoms with Crippen LogP contribution in [0, 0.1) is 12.1 Å². The molecule has 8 heavy (non-hydrogen) atoms. The lowest BCUT2D eigenvalue weighted by molar-refractivity contribution is 1.50. The predicted octanol–water partition coefficient (Wildman–Crippen LogP) is 0.927. The Morgan fingerprint density at radius 3 is 2.88 bits per heavy atom. The Bertz CT molecular complexity index is 150. The Balaban J connectivity index is 2.83. The van der Waals surface area contributed by atoms with Gasteiger partial charge in [-0.2, -0.15) is 11.6 Å². The van der Waals surface area contributed by atoms with Crippen LogP contribution in [0.2, 0.25) is 0 Å². The summed E-state index contributed by atoms with van der Waals surface area (Å²) in [5.41, 5.74) is 0. The molecule has 0 N–H and O–H groups in total. The van der Waals surface area contributed by atoms with Crippen molar-refractivity contribution in [2.24, 2.45) is 0 Å². The van der Waals surface area contributed by atoms with Crippen molar-refractivity contribution in [3.8, 4) is 0 Å². The van der Waals surface area contributed by atoms with Gasteiger partial charge in [-0.1, -0.05) is 18.2 Å². The lowest BCUT2D eigenvalue weighted by Crippen LogP contribution is -1.60. The second-order valence-electron chi connectivity index (χ2n) is 1.36. The van der Waals surface area contributed by atoms with E-state index in [0.29, 0.717) is 0 Å². The first-order valence-corrected chi connectivity index (χ1v) is 3.58. The normalized spacial score (nSPS) is 8.00. The third-order valence-corrected chi connectivity index (χ3v) is 1.52. The highest BCUT2D eigenvalue weighted by Crippen LogP contribution is 2.06. The molecule has 2 heteroatoms. The van der Waals surface area contributed by atoms with Crippen molar-refractivity contribution >= 4 is 18.7 Å². The first kappa shape index (κ1) is 5.59. The molecule has 38 valence electrons. The van der Waals surface area contributed by atoms with E-state index in [4.69, 9.17) is 0 Å². The van der Waals surface area contributed by atoms with E-state index in [1.54, 1.807) is 11.6 Å².